The zero-order valence-corrected chi connectivity index (χ0v) is 5.28. The van der Waals surface area contributed by atoms with Crippen LogP contribution < -0.4 is 0 Å². The summed E-state index contributed by atoms with van der Waals surface area (Å²) in [4.78, 5) is 9.75. The van der Waals surface area contributed by atoms with E-state index < -0.39 is 0 Å². The van der Waals surface area contributed by atoms with Gasteiger partial charge in [0.1, 0.15) is 0 Å². The Kier molecular flexibility index (Phi) is 8.11. The van der Waals surface area contributed by atoms with E-state index in [0.717, 1.165) is 6.26 Å². The Hall–Kier alpha value is -0.258. The monoisotopic (exact) mass is 138 g/mol. The van der Waals surface area contributed by atoms with Crippen LogP contribution in [0.1, 0.15) is 6.92 Å². The number of ether oxygens (including phenoxy) is 1. The molecule has 0 N–H and O–H groups in total. The van der Waals surface area contributed by atoms with Crippen molar-refractivity contribution in [3.63, 3.8) is 0 Å². The van der Waals surface area contributed by atoms with Crippen LogP contribution in [0, 0.1) is 0 Å². The maximum absolute atomic E-state index is 9.75. The molecule has 7 heavy (non-hydrogen) atoms. The van der Waals surface area contributed by atoms with Crippen molar-refractivity contribution >= 4 is 5.97 Å². The van der Waals surface area contributed by atoms with Crippen molar-refractivity contribution in [3.05, 3.63) is 12.8 Å². The van der Waals surface area contributed by atoms with Gasteiger partial charge in [-0.1, -0.05) is 6.58 Å². The predicted octanol–water partition coefficient (Wildman–Crippen LogP) is 0.690. The summed E-state index contributed by atoms with van der Waals surface area (Å²) in [6.07, 6.45) is 1.10. The Balaban J connectivity index is 0. The molecule has 40 valence electrons. The minimum atomic E-state index is -0.329. The van der Waals surface area contributed by atoms with Gasteiger partial charge >= 0.3 is 5.97 Å². The summed E-state index contributed by atoms with van der Waals surface area (Å²) in [5.41, 5.74) is 0. The molecule has 0 aliphatic heterocycles. The molecule has 0 saturated heterocycles. The maximum atomic E-state index is 9.75. The van der Waals surface area contributed by atoms with Gasteiger partial charge in [0, 0.05) is 24.3 Å². The van der Waals surface area contributed by atoms with Gasteiger partial charge in [-0.2, -0.15) is 0 Å². The minimum Gasteiger partial charge on any atom is -0.435 e. The second-order valence-electron chi connectivity index (χ2n) is 0.776. The van der Waals surface area contributed by atoms with Gasteiger partial charge in [0.05, 0.1) is 6.26 Å². The van der Waals surface area contributed by atoms with Crippen LogP contribution in [0.3, 0.4) is 0 Å². The Morgan fingerprint density at radius 1 is 1.86 bits per heavy atom. The van der Waals surface area contributed by atoms with Gasteiger partial charge in [-0.15, -0.1) is 0 Å². The third kappa shape index (κ3) is 10.7. The number of hydrogen-bond acceptors (Lipinski definition) is 2. The third-order valence-electron chi connectivity index (χ3n) is 0.249. The molecule has 0 rings (SSSR count). The fourth-order valence-corrected chi connectivity index (χ4v) is 0.117. The van der Waals surface area contributed by atoms with Crippen LogP contribution >= 0.6 is 0 Å². The van der Waals surface area contributed by atoms with Crippen LogP contribution in [0.4, 0.5) is 0 Å². The molecule has 0 atom stereocenters. The summed E-state index contributed by atoms with van der Waals surface area (Å²) < 4.78 is 4.17. The number of esters is 1. The average molecular weight is 138 g/mol. The molecule has 0 unspecified atom stereocenters. The zero-order valence-electron chi connectivity index (χ0n) is 4.01. The molecule has 0 aliphatic carbocycles. The summed E-state index contributed by atoms with van der Waals surface area (Å²) in [5.74, 6) is -0.329. The molecule has 0 aromatic carbocycles. The van der Waals surface area contributed by atoms with Crippen molar-refractivity contribution in [2.45, 2.75) is 6.92 Å². The van der Waals surface area contributed by atoms with Gasteiger partial charge in [0.25, 0.3) is 0 Å². The van der Waals surface area contributed by atoms with E-state index in [1.807, 2.05) is 0 Å². The molecule has 0 spiro atoms. The topological polar surface area (TPSA) is 26.3 Å². The van der Waals surface area contributed by atoms with Crippen LogP contribution in [0.2, 0.25) is 0 Å². The van der Waals surface area contributed by atoms with Crippen LogP contribution in [0.25, 0.3) is 0 Å². The van der Waals surface area contributed by atoms with Gasteiger partial charge in [0.2, 0.25) is 0 Å². The SMILES string of the molecule is C=COC(C)=O.[Cr]. The van der Waals surface area contributed by atoms with Crippen LogP contribution in [-0.2, 0) is 26.9 Å². The van der Waals surface area contributed by atoms with Gasteiger partial charge < -0.3 is 4.74 Å². The molecule has 0 bridgehead atoms. The second kappa shape index (κ2) is 5.74. The van der Waals surface area contributed by atoms with E-state index in [1.54, 1.807) is 0 Å². The van der Waals surface area contributed by atoms with Crippen molar-refractivity contribution in [3.8, 4) is 0 Å². The fraction of sp³-hybridized carbons (Fsp3) is 0.250. The summed E-state index contributed by atoms with van der Waals surface area (Å²) in [6, 6.07) is 0. The predicted molar refractivity (Wildman–Crippen MR) is 22.0 cm³/mol. The minimum absolute atomic E-state index is 0. The van der Waals surface area contributed by atoms with Gasteiger partial charge in [-0.05, 0) is 0 Å². The molecule has 0 radical (unpaired) electrons. The quantitative estimate of drug-likeness (QED) is 0.393. The molecule has 3 heteroatoms. The number of rotatable bonds is 1. The summed E-state index contributed by atoms with van der Waals surface area (Å²) in [5, 5.41) is 0. The van der Waals surface area contributed by atoms with Crippen molar-refractivity contribution in [2.75, 3.05) is 0 Å². The Bertz CT molecular complexity index is 70.1. The van der Waals surface area contributed by atoms with E-state index in [9.17, 15) is 4.79 Å². The zero-order chi connectivity index (χ0) is 4.99. The summed E-state index contributed by atoms with van der Waals surface area (Å²) in [6.45, 7) is 4.48. The Morgan fingerprint density at radius 3 is 2.29 bits per heavy atom. The summed E-state index contributed by atoms with van der Waals surface area (Å²) >= 11 is 0. The van der Waals surface area contributed by atoms with Crippen molar-refractivity contribution in [2.24, 2.45) is 0 Å². The molecule has 0 heterocycles. The first kappa shape index (κ1) is 9.89. The van der Waals surface area contributed by atoms with E-state index in [4.69, 9.17) is 0 Å². The molecule has 0 saturated carbocycles. The van der Waals surface area contributed by atoms with E-state index in [0.29, 0.717) is 0 Å². The van der Waals surface area contributed by atoms with E-state index in [-0.39, 0.29) is 23.3 Å². The molecule has 0 aromatic rings. The maximum Gasteiger partial charge on any atom is 0.307 e. The first-order chi connectivity index (χ1) is 2.77. The number of carbonyl (C=O) groups excluding carboxylic acids is 1. The van der Waals surface area contributed by atoms with Gasteiger partial charge in [0.15, 0.2) is 0 Å². The van der Waals surface area contributed by atoms with Crippen molar-refractivity contribution in [1.29, 1.82) is 0 Å². The van der Waals surface area contributed by atoms with Crippen molar-refractivity contribution < 1.29 is 26.9 Å². The molecule has 0 aromatic heterocycles. The van der Waals surface area contributed by atoms with Gasteiger partial charge in [-0.25, -0.2) is 0 Å². The molecular formula is C4H6CrO2. The molecule has 0 amide bonds. The Labute approximate surface area is 53.3 Å². The first-order valence-electron chi connectivity index (χ1n) is 1.55. The van der Waals surface area contributed by atoms with Crippen LogP contribution in [0.15, 0.2) is 12.8 Å². The standard InChI is InChI=1S/C4H6O2.Cr/c1-3-6-4(2)5;/h3H,1H2,2H3;. The summed E-state index contributed by atoms with van der Waals surface area (Å²) in [7, 11) is 0. The Morgan fingerprint density at radius 2 is 2.29 bits per heavy atom. The largest absolute Gasteiger partial charge is 0.435 e. The smallest absolute Gasteiger partial charge is 0.307 e. The fourth-order valence-electron chi connectivity index (χ4n) is 0.117. The number of carbonyl (C=O) groups is 1. The molecule has 2 nitrogen and oxygen atoms in total. The molecule has 0 aliphatic rings. The van der Waals surface area contributed by atoms with Crippen LogP contribution in [0.5, 0.6) is 0 Å². The normalized spacial score (nSPS) is 5.86. The van der Waals surface area contributed by atoms with E-state index >= 15 is 0 Å². The van der Waals surface area contributed by atoms with E-state index in [1.165, 1.54) is 6.92 Å². The van der Waals surface area contributed by atoms with Gasteiger partial charge in [-0.3, -0.25) is 4.79 Å². The molecule has 0 fully saturated rings. The van der Waals surface area contributed by atoms with Crippen molar-refractivity contribution in [1.82, 2.24) is 0 Å². The molecular weight excluding hydrogens is 132 g/mol. The number of hydrogen-bond donors (Lipinski definition) is 0. The average Bonchev–Trinajstić information content (AvgIpc) is 1.35. The second-order valence-corrected chi connectivity index (χ2v) is 0.776. The van der Waals surface area contributed by atoms with E-state index in [2.05, 4.69) is 11.3 Å². The first-order valence-corrected chi connectivity index (χ1v) is 1.55. The van der Waals surface area contributed by atoms with Crippen LogP contribution in [-0.4, -0.2) is 5.97 Å². The third-order valence-corrected chi connectivity index (χ3v) is 0.249.